The Kier molecular flexibility index (Phi) is 16.7. The summed E-state index contributed by atoms with van der Waals surface area (Å²) in [6.07, 6.45) is 0. The van der Waals surface area contributed by atoms with Crippen LogP contribution in [0, 0.1) is 0 Å². The van der Waals surface area contributed by atoms with Gasteiger partial charge in [0.15, 0.2) is 0 Å². The number of rotatable bonds is 12. The molecule has 0 amide bonds. The van der Waals surface area contributed by atoms with E-state index < -0.39 is 5.41 Å². The Morgan fingerprint density at radius 3 is 0.898 bits per heavy atom. The van der Waals surface area contributed by atoms with Gasteiger partial charge in [-0.25, -0.2) is 0 Å². The Hall–Kier alpha value is -13.6. The lowest BCUT2D eigenvalue weighted by Crippen LogP contribution is -2.28. The van der Waals surface area contributed by atoms with Gasteiger partial charge < -0.3 is 9.80 Å². The fourth-order valence-corrected chi connectivity index (χ4v) is 24.3. The highest BCUT2D eigenvalue weighted by Crippen LogP contribution is 2.61. The topological polar surface area (TPSA) is 6.48 Å². The number of hydrogen-bond acceptors (Lipinski definition) is 6. The second kappa shape index (κ2) is 28.1. The third-order valence-electron chi connectivity index (χ3n) is 24.9. The van der Waals surface area contributed by atoms with Crippen molar-refractivity contribution in [3.8, 4) is 66.8 Å². The third-order valence-corrected chi connectivity index (χ3v) is 29.7. The van der Waals surface area contributed by atoms with Gasteiger partial charge >= 0.3 is 0 Å². The van der Waals surface area contributed by atoms with Crippen molar-refractivity contribution in [2.45, 2.75) is 24.7 Å². The minimum Gasteiger partial charge on any atom is -0.310 e. The maximum absolute atomic E-state index is 2.49. The first-order chi connectivity index (χ1) is 58.3. The summed E-state index contributed by atoms with van der Waals surface area (Å²) in [5.41, 5.74) is 29.2. The fraction of sp³-hybridized carbons (Fsp3) is 0.0357. The molecule has 0 unspecified atom stereocenters. The minimum atomic E-state index is -0.552. The van der Waals surface area contributed by atoms with E-state index in [4.69, 9.17) is 0 Å². The molecule has 0 saturated carbocycles. The number of hydrogen-bond donors (Lipinski definition) is 0. The largest absolute Gasteiger partial charge is 0.310 e. The number of thiophene rings is 4. The molecule has 0 saturated heterocycles. The van der Waals surface area contributed by atoms with E-state index in [0.717, 1.165) is 34.1 Å². The summed E-state index contributed by atoms with van der Waals surface area (Å²) in [6, 6.07) is 153. The molecule has 0 atom stereocenters. The van der Waals surface area contributed by atoms with Crippen LogP contribution in [-0.4, -0.2) is 0 Å². The second-order valence-corrected chi connectivity index (χ2v) is 35.9. The van der Waals surface area contributed by atoms with Crippen molar-refractivity contribution in [3.63, 3.8) is 0 Å². The molecule has 0 bridgehead atoms. The van der Waals surface area contributed by atoms with Crippen LogP contribution in [0.3, 0.4) is 0 Å². The van der Waals surface area contributed by atoms with E-state index in [1.165, 1.54) is 181 Å². The van der Waals surface area contributed by atoms with Gasteiger partial charge in [-0.2, -0.15) is 0 Å². The molecule has 0 fully saturated rings. The summed E-state index contributed by atoms with van der Waals surface area (Å²) in [4.78, 5) is 4.87. The summed E-state index contributed by atoms with van der Waals surface area (Å²) < 4.78 is 10.7. The maximum atomic E-state index is 2.49. The molecule has 6 heteroatoms. The van der Waals surface area contributed by atoms with Gasteiger partial charge in [-0.1, -0.05) is 329 Å². The van der Waals surface area contributed by atoms with Crippen molar-refractivity contribution < 1.29 is 0 Å². The predicted octanol–water partition coefficient (Wildman–Crippen LogP) is 33.1. The van der Waals surface area contributed by atoms with E-state index in [9.17, 15) is 0 Å². The molecule has 0 spiro atoms. The summed E-state index contributed by atoms with van der Waals surface area (Å²) in [7, 11) is 0. The molecule has 556 valence electrons. The predicted molar refractivity (Wildman–Crippen MR) is 510 cm³/mol. The van der Waals surface area contributed by atoms with Gasteiger partial charge in [0.05, 0.1) is 5.41 Å². The first-order valence-electron chi connectivity index (χ1n) is 40.5. The molecule has 22 aromatic rings. The molecule has 0 radical (unpaired) electrons. The van der Waals surface area contributed by atoms with Gasteiger partial charge in [0.1, 0.15) is 0 Å². The van der Waals surface area contributed by atoms with Gasteiger partial charge in [0.2, 0.25) is 0 Å². The number of anilines is 6. The summed E-state index contributed by atoms with van der Waals surface area (Å²) in [5, 5.41) is 10.6. The Labute approximate surface area is 701 Å². The van der Waals surface area contributed by atoms with E-state index in [2.05, 4.69) is 436 Å². The maximum Gasteiger partial charge on any atom is 0.0714 e. The Morgan fingerprint density at radius 2 is 0.492 bits per heavy atom. The minimum absolute atomic E-state index is 0.138. The summed E-state index contributed by atoms with van der Waals surface area (Å²) in [6.45, 7) is 4.78. The van der Waals surface area contributed by atoms with Crippen LogP contribution < -0.4 is 9.80 Å². The monoisotopic (exact) mass is 1570 g/mol. The van der Waals surface area contributed by atoms with Crippen LogP contribution in [0.5, 0.6) is 0 Å². The zero-order valence-electron chi connectivity index (χ0n) is 64.8. The first-order valence-corrected chi connectivity index (χ1v) is 43.8. The summed E-state index contributed by atoms with van der Waals surface area (Å²) >= 11 is 7.61. The zero-order valence-corrected chi connectivity index (χ0v) is 68.1. The Bertz CT molecular complexity index is 7630. The third kappa shape index (κ3) is 11.2. The fourth-order valence-electron chi connectivity index (χ4n) is 19.3. The normalized spacial score (nSPS) is 13.0. The molecule has 0 aliphatic heterocycles. The molecular weight excluding hydrogens is 1500 g/mol. The standard InChI is InChI=1S/C61H39NS2.C51H35NS2/c1-4-15-40(16-5-1)41-27-31-45(32-28-41)62(46-33-29-42(30-34-46)48-23-14-24-51-49-21-10-12-25-56(49)63-59(48)51)47-35-36-53-55(39-47)61(43-17-6-2-7-18-43,44-19-8-3-9-20-44)54-38-37-52-50-22-11-13-26-57(50)64-60(52)58(53)54;1-51(2)44-30-29-42-40-14-7-9-18-47(40)54-50(42)48(44)43-28-27-37(31-45(43)51)52(35-23-19-33(20-24-35)32-11-4-3-5-12-32)36-25-21-34(22-26-36)38-15-10-16-41-39-13-6-8-17-46(39)53-49(38)41/h1-39H;3-31H,1-2H3. The molecule has 18 aromatic carbocycles. The Morgan fingerprint density at radius 1 is 0.195 bits per heavy atom. The van der Waals surface area contributed by atoms with Crippen LogP contribution in [0.15, 0.2) is 413 Å². The van der Waals surface area contributed by atoms with Gasteiger partial charge in [0.25, 0.3) is 0 Å². The van der Waals surface area contributed by atoms with Crippen LogP contribution >= 0.6 is 45.3 Å². The Balaban J connectivity index is 0.000000140. The smallest absolute Gasteiger partial charge is 0.0714 e. The van der Waals surface area contributed by atoms with E-state index in [1.807, 2.05) is 45.3 Å². The van der Waals surface area contributed by atoms with Crippen molar-refractivity contribution in [1.82, 2.24) is 0 Å². The van der Waals surface area contributed by atoms with E-state index >= 15 is 0 Å². The number of fused-ring (bicyclic) bond motifs is 20. The van der Waals surface area contributed by atoms with E-state index in [1.54, 1.807) is 0 Å². The zero-order chi connectivity index (χ0) is 78.2. The van der Waals surface area contributed by atoms with Crippen molar-refractivity contribution in [2.24, 2.45) is 0 Å². The molecule has 4 heterocycles. The van der Waals surface area contributed by atoms with E-state index in [-0.39, 0.29) is 5.41 Å². The van der Waals surface area contributed by atoms with Crippen LogP contribution in [-0.2, 0) is 10.8 Å². The molecular formula is C112H74N2S4. The highest BCUT2D eigenvalue weighted by molar-refractivity contribution is 7.27. The molecule has 24 rings (SSSR count). The van der Waals surface area contributed by atoms with Crippen LogP contribution in [0.4, 0.5) is 34.1 Å². The average Bonchev–Trinajstić information content (AvgIpc) is 1.52. The average molecular weight is 1580 g/mol. The molecule has 4 aromatic heterocycles. The lowest BCUT2D eigenvalue weighted by Gasteiger charge is -2.35. The lowest BCUT2D eigenvalue weighted by atomic mass is 9.67. The van der Waals surface area contributed by atoms with Crippen molar-refractivity contribution in [3.05, 3.63) is 446 Å². The molecule has 2 aliphatic carbocycles. The number of nitrogens with zero attached hydrogens (tertiary/aromatic N) is 2. The van der Waals surface area contributed by atoms with Gasteiger partial charge in [-0.3, -0.25) is 0 Å². The lowest BCUT2D eigenvalue weighted by molar-refractivity contribution is 0.661. The number of benzene rings is 18. The SMILES string of the molecule is CC1(C)c2cc(N(c3ccc(-c4ccccc4)cc3)c3ccc(-c4cccc5c4sc4ccccc45)cc3)ccc2-c2c1ccc1c2sc2ccccc21.c1ccc(-c2ccc(N(c3ccc(-c4cccc5c4sc4ccccc45)cc3)c3ccc4c(c3)C(c3ccccc3)(c3ccccc3)c3ccc5c(sc6ccccc65)c3-4)cc2)cc1. The van der Waals surface area contributed by atoms with Gasteiger partial charge in [-0.05, 0) is 186 Å². The van der Waals surface area contributed by atoms with Crippen LogP contribution in [0.2, 0.25) is 0 Å². The molecule has 0 N–H and O–H groups in total. The van der Waals surface area contributed by atoms with Crippen LogP contribution in [0.1, 0.15) is 47.2 Å². The first kappa shape index (κ1) is 69.9. The van der Waals surface area contributed by atoms with Gasteiger partial charge in [0, 0.05) is 131 Å². The van der Waals surface area contributed by atoms with Crippen molar-refractivity contribution in [1.29, 1.82) is 0 Å². The molecule has 2 aliphatic rings. The van der Waals surface area contributed by atoms with Crippen molar-refractivity contribution in [2.75, 3.05) is 9.80 Å². The van der Waals surface area contributed by atoms with Gasteiger partial charge in [-0.15, -0.1) is 45.3 Å². The highest BCUT2D eigenvalue weighted by Gasteiger charge is 2.48. The van der Waals surface area contributed by atoms with Crippen LogP contribution in [0.25, 0.3) is 147 Å². The molecule has 118 heavy (non-hydrogen) atoms. The second-order valence-electron chi connectivity index (χ2n) is 31.6. The van der Waals surface area contributed by atoms with E-state index in [0.29, 0.717) is 0 Å². The molecule has 2 nitrogen and oxygen atoms in total. The quantitative estimate of drug-likeness (QED) is 0.120. The highest BCUT2D eigenvalue weighted by atomic mass is 32.1. The van der Waals surface area contributed by atoms with Crippen molar-refractivity contribution >= 4 is 160 Å². The summed E-state index contributed by atoms with van der Waals surface area (Å²) in [5.74, 6) is 0.